The quantitative estimate of drug-likeness (QED) is 0.815. The third kappa shape index (κ3) is 2.90. The molecule has 1 aliphatic heterocycles. The molecule has 0 N–H and O–H groups in total. The lowest BCUT2D eigenvalue weighted by Crippen LogP contribution is -2.21. The van der Waals surface area contributed by atoms with Crippen molar-refractivity contribution >= 4 is 11.8 Å². The monoisotopic (exact) mass is 312 g/mol. The third-order valence-electron chi connectivity index (χ3n) is 3.81. The van der Waals surface area contributed by atoms with E-state index in [1.807, 2.05) is 24.3 Å². The van der Waals surface area contributed by atoms with E-state index in [4.69, 9.17) is 9.47 Å². The molecule has 118 valence electrons. The van der Waals surface area contributed by atoms with Crippen LogP contribution in [0, 0.1) is 0 Å². The minimum Gasteiger partial charge on any atom is -0.497 e. The predicted octanol–water partition coefficient (Wildman–Crippen LogP) is 3.19. The lowest BCUT2D eigenvalue weighted by Gasteiger charge is -2.26. The van der Waals surface area contributed by atoms with Crippen LogP contribution in [0.4, 0.5) is 0 Å². The van der Waals surface area contributed by atoms with Crippen molar-refractivity contribution in [1.29, 1.82) is 0 Å². The van der Waals surface area contributed by atoms with E-state index in [0.29, 0.717) is 22.6 Å². The molecule has 1 unspecified atom stereocenters. The van der Waals surface area contributed by atoms with Gasteiger partial charge in [0.25, 0.3) is 0 Å². The Bertz CT molecular complexity index is 766. The number of hydrogen-bond donors (Lipinski definition) is 0. The van der Waals surface area contributed by atoms with Crippen LogP contribution >= 0.6 is 0 Å². The molecule has 0 aliphatic carbocycles. The highest BCUT2D eigenvalue weighted by Gasteiger charge is 2.28. The lowest BCUT2D eigenvalue weighted by molar-refractivity contribution is 0.0600. The van der Waals surface area contributed by atoms with Crippen molar-refractivity contribution < 1.29 is 23.8 Å². The molecule has 0 bridgehead atoms. The summed E-state index contributed by atoms with van der Waals surface area (Å²) in [5, 5.41) is 0. The zero-order chi connectivity index (χ0) is 16.4. The summed E-state index contributed by atoms with van der Waals surface area (Å²) in [4.78, 5) is 24.0. The number of hydrogen-bond acceptors (Lipinski definition) is 5. The van der Waals surface area contributed by atoms with E-state index in [9.17, 15) is 9.59 Å². The van der Waals surface area contributed by atoms with Gasteiger partial charge in [-0.1, -0.05) is 12.1 Å². The summed E-state index contributed by atoms with van der Waals surface area (Å²) >= 11 is 0. The Morgan fingerprint density at radius 2 is 2.00 bits per heavy atom. The summed E-state index contributed by atoms with van der Waals surface area (Å²) in [6.07, 6.45) is -0.154. The standard InChI is InChI=1S/C18H16O5/c1-21-13-5-3-4-11(8-13)17-10-15(19)14-9-12(18(20)22-2)6-7-16(14)23-17/h3-9,17H,10H2,1-2H3. The predicted molar refractivity (Wildman–Crippen MR) is 83.1 cm³/mol. The molecule has 0 aromatic heterocycles. The summed E-state index contributed by atoms with van der Waals surface area (Å²) in [6.45, 7) is 0. The molecular weight excluding hydrogens is 296 g/mol. The van der Waals surface area contributed by atoms with Gasteiger partial charge in [0.15, 0.2) is 5.78 Å². The Morgan fingerprint density at radius 1 is 1.17 bits per heavy atom. The summed E-state index contributed by atoms with van der Waals surface area (Å²) in [5.74, 6) is 0.646. The lowest BCUT2D eigenvalue weighted by atomic mass is 9.95. The average molecular weight is 312 g/mol. The van der Waals surface area contributed by atoms with Crippen LogP contribution in [0.15, 0.2) is 42.5 Å². The molecule has 0 fully saturated rings. The number of benzene rings is 2. The average Bonchev–Trinajstić information content (AvgIpc) is 2.60. The van der Waals surface area contributed by atoms with E-state index >= 15 is 0 Å². The first-order valence-corrected chi connectivity index (χ1v) is 7.18. The Morgan fingerprint density at radius 3 is 2.74 bits per heavy atom. The normalized spacial score (nSPS) is 16.3. The zero-order valence-corrected chi connectivity index (χ0v) is 12.9. The van der Waals surface area contributed by atoms with Gasteiger partial charge in [0.1, 0.15) is 17.6 Å². The third-order valence-corrected chi connectivity index (χ3v) is 3.81. The van der Waals surface area contributed by atoms with Crippen molar-refractivity contribution in [1.82, 2.24) is 0 Å². The molecule has 0 saturated carbocycles. The maximum atomic E-state index is 12.4. The van der Waals surface area contributed by atoms with E-state index in [1.54, 1.807) is 19.2 Å². The fourth-order valence-electron chi connectivity index (χ4n) is 2.60. The van der Waals surface area contributed by atoms with E-state index in [1.165, 1.54) is 13.2 Å². The maximum Gasteiger partial charge on any atom is 0.337 e. The highest BCUT2D eigenvalue weighted by molar-refractivity contribution is 6.02. The minimum atomic E-state index is -0.476. The number of ether oxygens (including phenoxy) is 3. The van der Waals surface area contributed by atoms with Crippen LogP contribution < -0.4 is 9.47 Å². The second-order valence-corrected chi connectivity index (χ2v) is 5.21. The fourth-order valence-corrected chi connectivity index (χ4v) is 2.60. The van der Waals surface area contributed by atoms with Crippen molar-refractivity contribution in [2.24, 2.45) is 0 Å². The Kier molecular flexibility index (Phi) is 4.02. The molecule has 23 heavy (non-hydrogen) atoms. The van der Waals surface area contributed by atoms with Crippen molar-refractivity contribution in [3.63, 3.8) is 0 Å². The fraction of sp³-hybridized carbons (Fsp3) is 0.222. The summed E-state index contributed by atoms with van der Waals surface area (Å²) < 4.78 is 15.8. The second-order valence-electron chi connectivity index (χ2n) is 5.21. The number of fused-ring (bicyclic) bond motifs is 1. The van der Waals surface area contributed by atoms with Crippen molar-refractivity contribution in [2.75, 3.05) is 14.2 Å². The van der Waals surface area contributed by atoms with Crippen molar-refractivity contribution in [3.8, 4) is 11.5 Å². The van der Waals surface area contributed by atoms with Gasteiger partial charge in [-0.3, -0.25) is 4.79 Å². The van der Waals surface area contributed by atoms with Crippen LogP contribution in [-0.2, 0) is 4.74 Å². The molecule has 1 atom stereocenters. The number of rotatable bonds is 3. The van der Waals surface area contributed by atoms with E-state index in [-0.39, 0.29) is 18.3 Å². The first-order chi connectivity index (χ1) is 11.1. The first kappa shape index (κ1) is 15.1. The number of methoxy groups -OCH3 is 2. The number of ketones is 1. The highest BCUT2D eigenvalue weighted by atomic mass is 16.5. The molecule has 0 saturated heterocycles. The van der Waals surface area contributed by atoms with E-state index in [2.05, 4.69) is 4.74 Å². The van der Waals surface area contributed by atoms with Gasteiger partial charge in [-0.2, -0.15) is 0 Å². The van der Waals surface area contributed by atoms with Crippen LogP contribution in [0.1, 0.15) is 38.8 Å². The largest absolute Gasteiger partial charge is 0.497 e. The maximum absolute atomic E-state index is 12.4. The molecule has 1 heterocycles. The van der Waals surface area contributed by atoms with Gasteiger partial charge in [-0.05, 0) is 35.9 Å². The summed E-state index contributed by atoms with van der Waals surface area (Å²) in [7, 11) is 2.90. The zero-order valence-electron chi connectivity index (χ0n) is 12.9. The molecule has 5 heteroatoms. The highest BCUT2D eigenvalue weighted by Crippen LogP contribution is 2.36. The van der Waals surface area contributed by atoms with Crippen LogP contribution in [0.5, 0.6) is 11.5 Å². The van der Waals surface area contributed by atoms with Crippen LogP contribution in [0.3, 0.4) is 0 Å². The molecule has 5 nitrogen and oxygen atoms in total. The number of Topliss-reactive ketones (excluding diaryl/α,β-unsaturated/α-hetero) is 1. The van der Waals surface area contributed by atoms with Crippen molar-refractivity contribution in [3.05, 3.63) is 59.2 Å². The Balaban J connectivity index is 1.92. The number of carbonyl (C=O) groups is 2. The molecule has 2 aromatic carbocycles. The molecule has 0 amide bonds. The topological polar surface area (TPSA) is 61.8 Å². The second kappa shape index (κ2) is 6.12. The molecular formula is C18H16O5. The van der Waals surface area contributed by atoms with Crippen molar-refractivity contribution in [2.45, 2.75) is 12.5 Å². The van der Waals surface area contributed by atoms with Crippen LogP contribution in [-0.4, -0.2) is 26.0 Å². The van der Waals surface area contributed by atoms with Gasteiger partial charge < -0.3 is 14.2 Å². The van der Waals surface area contributed by atoms with Gasteiger partial charge in [-0.15, -0.1) is 0 Å². The summed E-state index contributed by atoms with van der Waals surface area (Å²) in [5.41, 5.74) is 1.62. The van der Waals surface area contributed by atoms with Gasteiger partial charge in [0.05, 0.1) is 31.8 Å². The molecule has 0 radical (unpaired) electrons. The Hall–Kier alpha value is -2.82. The van der Waals surface area contributed by atoms with Gasteiger partial charge >= 0.3 is 5.97 Å². The smallest absolute Gasteiger partial charge is 0.337 e. The molecule has 0 spiro atoms. The summed E-state index contributed by atoms with van der Waals surface area (Å²) in [6, 6.07) is 12.2. The van der Waals surface area contributed by atoms with E-state index < -0.39 is 5.97 Å². The molecule has 1 aliphatic rings. The SMILES string of the molecule is COC(=O)c1ccc2c(c1)C(=O)CC(c1cccc(OC)c1)O2. The van der Waals surface area contributed by atoms with Crippen LogP contribution in [0.25, 0.3) is 0 Å². The van der Waals surface area contributed by atoms with Gasteiger partial charge in [0, 0.05) is 0 Å². The van der Waals surface area contributed by atoms with E-state index in [0.717, 1.165) is 5.56 Å². The molecule has 3 rings (SSSR count). The van der Waals surface area contributed by atoms with Gasteiger partial charge in [-0.25, -0.2) is 4.79 Å². The number of carbonyl (C=O) groups excluding carboxylic acids is 2. The van der Waals surface area contributed by atoms with Gasteiger partial charge in [0.2, 0.25) is 0 Å². The van der Waals surface area contributed by atoms with Crippen LogP contribution in [0.2, 0.25) is 0 Å². The first-order valence-electron chi connectivity index (χ1n) is 7.18. The molecule has 2 aromatic rings. The Labute approximate surface area is 133 Å². The minimum absolute atomic E-state index is 0.0650. The number of esters is 1.